The van der Waals surface area contributed by atoms with Crippen LogP contribution in [-0.2, 0) is 0 Å². The second-order valence-electron chi connectivity index (χ2n) is 10.7. The summed E-state index contributed by atoms with van der Waals surface area (Å²) in [6.07, 6.45) is 7.22. The Labute approximate surface area is 247 Å². The highest BCUT2D eigenvalue weighted by atomic mass is 16.5. The number of para-hydroxylation sites is 2. The molecule has 0 spiro atoms. The fraction of sp³-hybridized carbons (Fsp3) is 0.278. The Balaban J connectivity index is 0.985. The van der Waals surface area contributed by atoms with Gasteiger partial charge in [-0.25, -0.2) is 9.97 Å². The molecule has 4 aromatic carbocycles. The van der Waals surface area contributed by atoms with Gasteiger partial charge >= 0.3 is 0 Å². The van der Waals surface area contributed by atoms with E-state index in [1.165, 1.54) is 37.1 Å². The predicted molar refractivity (Wildman–Crippen MR) is 176 cm³/mol. The molecule has 2 N–H and O–H groups in total. The topological polar surface area (TPSA) is 68.3 Å². The fourth-order valence-electron chi connectivity index (χ4n) is 5.76. The molecule has 0 fully saturated rings. The van der Waals surface area contributed by atoms with Crippen molar-refractivity contribution in [2.75, 3.05) is 37.9 Å². The van der Waals surface area contributed by atoms with E-state index in [9.17, 15) is 0 Å². The maximum Gasteiger partial charge on any atom is 0.121 e. The summed E-state index contributed by atoms with van der Waals surface area (Å²) < 4.78 is 10.9. The van der Waals surface area contributed by atoms with Gasteiger partial charge in [-0.3, -0.25) is 0 Å². The molecule has 0 unspecified atom stereocenters. The molecule has 0 bridgehead atoms. The summed E-state index contributed by atoms with van der Waals surface area (Å²) in [7, 11) is 3.39. The number of fused-ring (bicyclic) bond motifs is 4. The first-order valence-corrected chi connectivity index (χ1v) is 15.0. The number of ether oxygens (including phenoxy) is 2. The largest absolute Gasteiger partial charge is 0.497 e. The van der Waals surface area contributed by atoms with Crippen LogP contribution in [0, 0.1) is 0 Å². The Morgan fingerprint density at radius 1 is 0.476 bits per heavy atom. The molecule has 6 nitrogen and oxygen atoms in total. The highest BCUT2D eigenvalue weighted by Gasteiger charge is 2.11. The van der Waals surface area contributed by atoms with Crippen molar-refractivity contribution < 1.29 is 9.47 Å². The van der Waals surface area contributed by atoms with E-state index in [4.69, 9.17) is 19.4 Å². The summed E-state index contributed by atoms with van der Waals surface area (Å²) in [6, 6.07) is 29.0. The maximum absolute atomic E-state index is 5.43. The van der Waals surface area contributed by atoms with Crippen molar-refractivity contribution in [3.05, 3.63) is 84.9 Å². The van der Waals surface area contributed by atoms with Gasteiger partial charge in [-0.1, -0.05) is 62.1 Å². The zero-order valence-electron chi connectivity index (χ0n) is 24.5. The molecule has 0 saturated heterocycles. The molecule has 6 heteroatoms. The van der Waals surface area contributed by atoms with E-state index in [-0.39, 0.29) is 0 Å². The number of benzene rings is 4. The smallest absolute Gasteiger partial charge is 0.121 e. The van der Waals surface area contributed by atoms with Crippen molar-refractivity contribution in [3.8, 4) is 11.5 Å². The lowest BCUT2D eigenvalue weighted by molar-refractivity contribution is 0.415. The van der Waals surface area contributed by atoms with Crippen molar-refractivity contribution in [3.63, 3.8) is 0 Å². The molecule has 0 atom stereocenters. The van der Waals surface area contributed by atoms with Gasteiger partial charge in [0.15, 0.2) is 0 Å². The quantitative estimate of drug-likeness (QED) is 0.109. The lowest BCUT2D eigenvalue weighted by Crippen LogP contribution is -2.04. The van der Waals surface area contributed by atoms with E-state index < -0.39 is 0 Å². The maximum atomic E-state index is 5.43. The number of aromatic nitrogens is 2. The average Bonchev–Trinajstić information content (AvgIpc) is 3.04. The fourth-order valence-corrected chi connectivity index (χ4v) is 5.76. The standard InChI is InChI=1S/C36H38N4O2/c1-41-25-17-19-29-33(23-25)39-31-15-9-7-13-27(31)35(29)37-21-11-5-3-4-6-12-22-38-36-28-14-8-10-16-32(28)40-34-24-26(42-2)18-20-30(34)36/h7-10,13-20,23-24H,3-6,11-12,21-22H2,1-2H3,(H,37,39)(H,38,40). The first-order chi connectivity index (χ1) is 20.7. The van der Waals surface area contributed by atoms with Crippen LogP contribution in [0.15, 0.2) is 84.9 Å². The molecule has 6 rings (SSSR count). The number of hydrogen-bond donors (Lipinski definition) is 2. The Morgan fingerprint density at radius 2 is 0.881 bits per heavy atom. The summed E-state index contributed by atoms with van der Waals surface area (Å²) in [5.41, 5.74) is 6.25. The lowest BCUT2D eigenvalue weighted by atomic mass is 10.1. The van der Waals surface area contributed by atoms with Crippen LogP contribution in [0.2, 0.25) is 0 Å². The van der Waals surface area contributed by atoms with Gasteiger partial charge in [-0.15, -0.1) is 0 Å². The van der Waals surface area contributed by atoms with Gasteiger partial charge in [0.2, 0.25) is 0 Å². The highest BCUT2D eigenvalue weighted by Crippen LogP contribution is 2.34. The molecule has 42 heavy (non-hydrogen) atoms. The van der Waals surface area contributed by atoms with Crippen LogP contribution in [0.1, 0.15) is 38.5 Å². The SMILES string of the molecule is COc1ccc2c(NCCCCCCCCNc3c4ccccc4nc4cc(OC)ccc34)c3ccccc3nc2c1. The molecule has 0 aliphatic heterocycles. The second-order valence-corrected chi connectivity index (χ2v) is 10.7. The van der Waals surface area contributed by atoms with Crippen molar-refractivity contribution in [1.29, 1.82) is 0 Å². The summed E-state index contributed by atoms with van der Waals surface area (Å²) in [6.45, 7) is 1.90. The van der Waals surface area contributed by atoms with Crippen LogP contribution in [0.25, 0.3) is 43.6 Å². The van der Waals surface area contributed by atoms with Crippen LogP contribution in [-0.4, -0.2) is 37.3 Å². The van der Waals surface area contributed by atoms with Gasteiger partial charge in [0.1, 0.15) is 11.5 Å². The number of pyridine rings is 2. The summed E-state index contributed by atoms with van der Waals surface area (Å²) in [5, 5.41) is 12.1. The Hall–Kier alpha value is -4.58. The zero-order valence-corrected chi connectivity index (χ0v) is 24.5. The molecule has 0 radical (unpaired) electrons. The normalized spacial score (nSPS) is 11.4. The number of hydrogen-bond acceptors (Lipinski definition) is 6. The van der Waals surface area contributed by atoms with Crippen LogP contribution < -0.4 is 20.1 Å². The number of methoxy groups -OCH3 is 2. The summed E-state index contributed by atoms with van der Waals surface area (Å²) >= 11 is 0. The number of anilines is 2. The minimum Gasteiger partial charge on any atom is -0.497 e. The number of unbranched alkanes of at least 4 members (excludes halogenated alkanes) is 5. The predicted octanol–water partition coefficient (Wildman–Crippen LogP) is 8.97. The minimum atomic E-state index is 0.828. The van der Waals surface area contributed by atoms with E-state index in [0.717, 1.165) is 81.0 Å². The van der Waals surface area contributed by atoms with Crippen molar-refractivity contribution in [1.82, 2.24) is 9.97 Å². The van der Waals surface area contributed by atoms with Crippen LogP contribution in [0.4, 0.5) is 11.4 Å². The summed E-state index contributed by atoms with van der Waals surface area (Å²) in [4.78, 5) is 9.73. The second kappa shape index (κ2) is 12.9. The zero-order chi connectivity index (χ0) is 28.7. The molecule has 214 valence electrons. The lowest BCUT2D eigenvalue weighted by Gasteiger charge is -2.14. The van der Waals surface area contributed by atoms with Crippen LogP contribution in [0.3, 0.4) is 0 Å². The van der Waals surface area contributed by atoms with Gasteiger partial charge in [-0.2, -0.15) is 0 Å². The van der Waals surface area contributed by atoms with Gasteiger partial charge in [0, 0.05) is 46.8 Å². The Morgan fingerprint density at radius 3 is 1.33 bits per heavy atom. The number of rotatable bonds is 13. The molecule has 0 amide bonds. The van der Waals surface area contributed by atoms with E-state index in [2.05, 4.69) is 59.2 Å². The Bertz CT molecular complexity index is 1700. The molecule has 2 aromatic heterocycles. The number of nitrogens with zero attached hydrogens (tertiary/aromatic N) is 2. The van der Waals surface area contributed by atoms with Crippen molar-refractivity contribution in [2.24, 2.45) is 0 Å². The van der Waals surface area contributed by atoms with E-state index in [1.807, 2.05) is 36.4 Å². The third kappa shape index (κ3) is 5.89. The minimum absolute atomic E-state index is 0.828. The average molecular weight is 559 g/mol. The number of nitrogens with one attached hydrogen (secondary N) is 2. The van der Waals surface area contributed by atoms with Crippen molar-refractivity contribution in [2.45, 2.75) is 38.5 Å². The van der Waals surface area contributed by atoms with Gasteiger partial charge in [0.25, 0.3) is 0 Å². The van der Waals surface area contributed by atoms with E-state index in [0.29, 0.717) is 0 Å². The monoisotopic (exact) mass is 558 g/mol. The third-order valence-electron chi connectivity index (χ3n) is 7.98. The molecule has 2 heterocycles. The molecule has 6 aromatic rings. The summed E-state index contributed by atoms with van der Waals surface area (Å²) in [5.74, 6) is 1.66. The van der Waals surface area contributed by atoms with Crippen LogP contribution >= 0.6 is 0 Å². The highest BCUT2D eigenvalue weighted by molar-refractivity contribution is 6.08. The van der Waals surface area contributed by atoms with Gasteiger partial charge in [-0.05, 0) is 49.2 Å². The first-order valence-electron chi connectivity index (χ1n) is 15.0. The third-order valence-corrected chi connectivity index (χ3v) is 7.98. The Kier molecular flexibility index (Phi) is 8.50. The van der Waals surface area contributed by atoms with E-state index in [1.54, 1.807) is 14.2 Å². The van der Waals surface area contributed by atoms with Gasteiger partial charge in [0.05, 0.1) is 47.7 Å². The van der Waals surface area contributed by atoms with Gasteiger partial charge < -0.3 is 20.1 Å². The molecule has 0 saturated carbocycles. The molecule has 0 aliphatic rings. The first kappa shape index (κ1) is 27.6. The van der Waals surface area contributed by atoms with Crippen molar-refractivity contribution >= 4 is 55.0 Å². The molecule has 0 aliphatic carbocycles. The van der Waals surface area contributed by atoms with E-state index >= 15 is 0 Å². The molecular formula is C36H38N4O2. The van der Waals surface area contributed by atoms with Crippen LogP contribution in [0.5, 0.6) is 11.5 Å². The molecular weight excluding hydrogens is 520 g/mol.